The monoisotopic (exact) mass is 272 g/mol. The molecule has 1 aromatic rings. The number of aryl methyl sites for hydroxylation is 1. The number of nitrogens with one attached hydrogen (secondary N) is 1. The van der Waals surface area contributed by atoms with Crippen molar-refractivity contribution >= 4 is 21.7 Å². The molecule has 15 heavy (non-hydrogen) atoms. The van der Waals surface area contributed by atoms with Crippen LogP contribution < -0.4 is 5.32 Å². The van der Waals surface area contributed by atoms with Crippen molar-refractivity contribution < 1.29 is 4.74 Å². The third kappa shape index (κ3) is 3.47. The second-order valence-electron chi connectivity index (χ2n) is 4.23. The van der Waals surface area contributed by atoms with Crippen molar-refractivity contribution in [2.24, 2.45) is 0 Å². The molecule has 0 aliphatic carbocycles. The smallest absolute Gasteiger partial charge is 0.141 e. The molecule has 84 valence electrons. The molecule has 0 unspecified atom stereocenters. The zero-order valence-corrected chi connectivity index (χ0v) is 11.2. The summed E-state index contributed by atoms with van der Waals surface area (Å²) in [7, 11) is 1.70. The van der Waals surface area contributed by atoms with Gasteiger partial charge in [0, 0.05) is 13.3 Å². The molecule has 0 atom stereocenters. The molecule has 0 spiro atoms. The molecule has 0 amide bonds. The molecular formula is C11H17BrN2O. The molecule has 0 bridgehead atoms. The van der Waals surface area contributed by atoms with E-state index in [2.05, 4.69) is 40.1 Å². The third-order valence-corrected chi connectivity index (χ3v) is 3.05. The van der Waals surface area contributed by atoms with Crippen molar-refractivity contribution in [3.8, 4) is 0 Å². The lowest BCUT2D eigenvalue weighted by molar-refractivity contribution is 0.158. The molecule has 4 heteroatoms. The molecule has 1 rings (SSSR count). The van der Waals surface area contributed by atoms with Gasteiger partial charge in [-0.05, 0) is 48.3 Å². The van der Waals surface area contributed by atoms with E-state index in [9.17, 15) is 0 Å². The Morgan fingerprint density at radius 2 is 2.20 bits per heavy atom. The van der Waals surface area contributed by atoms with Crippen molar-refractivity contribution in [2.75, 3.05) is 19.0 Å². The minimum atomic E-state index is -0.127. The van der Waals surface area contributed by atoms with E-state index in [1.165, 1.54) is 5.56 Å². The standard InChI is InChI=1S/C11H17BrN2O/c1-8-5-6-13-10(9(8)12)14-11(2,3)7-15-4/h5-6H,7H2,1-4H3,(H,13,14). The number of anilines is 1. The van der Waals surface area contributed by atoms with Gasteiger partial charge in [-0.1, -0.05) is 0 Å². The van der Waals surface area contributed by atoms with Gasteiger partial charge in [0.15, 0.2) is 0 Å². The Bertz CT molecular complexity index is 339. The van der Waals surface area contributed by atoms with Gasteiger partial charge in [0.05, 0.1) is 16.6 Å². The molecule has 0 aliphatic rings. The van der Waals surface area contributed by atoms with E-state index >= 15 is 0 Å². The highest BCUT2D eigenvalue weighted by molar-refractivity contribution is 9.10. The summed E-state index contributed by atoms with van der Waals surface area (Å²) in [5.41, 5.74) is 1.04. The molecule has 1 N–H and O–H groups in total. The van der Waals surface area contributed by atoms with Crippen LogP contribution in [0.1, 0.15) is 19.4 Å². The summed E-state index contributed by atoms with van der Waals surface area (Å²) in [5, 5.41) is 3.35. The van der Waals surface area contributed by atoms with Crippen LogP contribution >= 0.6 is 15.9 Å². The topological polar surface area (TPSA) is 34.1 Å². The van der Waals surface area contributed by atoms with E-state index in [1.807, 2.05) is 13.0 Å². The molecular weight excluding hydrogens is 256 g/mol. The van der Waals surface area contributed by atoms with Crippen molar-refractivity contribution in [3.05, 3.63) is 22.3 Å². The minimum Gasteiger partial charge on any atom is -0.382 e. The van der Waals surface area contributed by atoms with Crippen LogP contribution in [-0.2, 0) is 4.74 Å². The number of rotatable bonds is 4. The Morgan fingerprint density at radius 3 is 2.80 bits per heavy atom. The summed E-state index contributed by atoms with van der Waals surface area (Å²) in [4.78, 5) is 4.29. The highest BCUT2D eigenvalue weighted by Gasteiger charge is 2.19. The Morgan fingerprint density at radius 1 is 1.53 bits per heavy atom. The number of halogens is 1. The van der Waals surface area contributed by atoms with Crippen LogP contribution in [0, 0.1) is 6.92 Å². The maximum atomic E-state index is 5.14. The van der Waals surface area contributed by atoms with Crippen molar-refractivity contribution in [1.29, 1.82) is 0 Å². The maximum Gasteiger partial charge on any atom is 0.141 e. The van der Waals surface area contributed by atoms with E-state index in [1.54, 1.807) is 13.3 Å². The van der Waals surface area contributed by atoms with E-state index in [0.29, 0.717) is 6.61 Å². The van der Waals surface area contributed by atoms with Gasteiger partial charge in [0.2, 0.25) is 0 Å². The fourth-order valence-electron chi connectivity index (χ4n) is 1.34. The average molecular weight is 273 g/mol. The second kappa shape index (κ2) is 4.94. The maximum absolute atomic E-state index is 5.14. The van der Waals surface area contributed by atoms with Crippen molar-refractivity contribution in [3.63, 3.8) is 0 Å². The van der Waals surface area contributed by atoms with Gasteiger partial charge < -0.3 is 10.1 Å². The van der Waals surface area contributed by atoms with Gasteiger partial charge in [-0.3, -0.25) is 0 Å². The largest absolute Gasteiger partial charge is 0.382 e. The summed E-state index contributed by atoms with van der Waals surface area (Å²) >= 11 is 3.52. The van der Waals surface area contributed by atoms with Gasteiger partial charge in [0.25, 0.3) is 0 Å². The first-order chi connectivity index (χ1) is 6.96. The van der Waals surface area contributed by atoms with Crippen LogP contribution in [0.15, 0.2) is 16.7 Å². The number of methoxy groups -OCH3 is 1. The van der Waals surface area contributed by atoms with E-state index in [0.717, 1.165) is 10.3 Å². The Kier molecular flexibility index (Phi) is 4.11. The lowest BCUT2D eigenvalue weighted by Gasteiger charge is -2.26. The summed E-state index contributed by atoms with van der Waals surface area (Å²) in [6.45, 7) is 6.83. The molecule has 3 nitrogen and oxygen atoms in total. The number of hydrogen-bond donors (Lipinski definition) is 1. The lowest BCUT2D eigenvalue weighted by Crippen LogP contribution is -2.36. The molecule has 0 fully saturated rings. The quantitative estimate of drug-likeness (QED) is 0.915. The highest BCUT2D eigenvalue weighted by atomic mass is 79.9. The van der Waals surface area contributed by atoms with Gasteiger partial charge in [-0.2, -0.15) is 0 Å². The second-order valence-corrected chi connectivity index (χ2v) is 5.03. The molecule has 0 radical (unpaired) electrons. The number of nitrogens with zero attached hydrogens (tertiary/aromatic N) is 1. The summed E-state index contributed by atoms with van der Waals surface area (Å²) < 4.78 is 6.15. The minimum absolute atomic E-state index is 0.127. The van der Waals surface area contributed by atoms with E-state index in [-0.39, 0.29) is 5.54 Å². The van der Waals surface area contributed by atoms with Crippen LogP contribution in [0.4, 0.5) is 5.82 Å². The summed E-state index contributed by atoms with van der Waals surface area (Å²) in [6, 6.07) is 1.97. The van der Waals surface area contributed by atoms with Gasteiger partial charge >= 0.3 is 0 Å². The zero-order valence-electron chi connectivity index (χ0n) is 9.60. The SMILES string of the molecule is COCC(C)(C)Nc1nccc(C)c1Br. The van der Waals surface area contributed by atoms with Gasteiger partial charge in [-0.15, -0.1) is 0 Å². The number of aromatic nitrogens is 1. The lowest BCUT2D eigenvalue weighted by atomic mass is 10.1. The fraction of sp³-hybridized carbons (Fsp3) is 0.545. The Balaban J connectivity index is 2.85. The number of pyridine rings is 1. The van der Waals surface area contributed by atoms with Crippen molar-refractivity contribution in [1.82, 2.24) is 4.98 Å². The van der Waals surface area contributed by atoms with Crippen LogP contribution in [0.3, 0.4) is 0 Å². The molecule has 0 aromatic carbocycles. The van der Waals surface area contributed by atoms with E-state index < -0.39 is 0 Å². The van der Waals surface area contributed by atoms with Crippen LogP contribution in [0.25, 0.3) is 0 Å². The number of ether oxygens (including phenoxy) is 1. The Hall–Kier alpha value is -0.610. The molecule has 0 aliphatic heterocycles. The van der Waals surface area contributed by atoms with Crippen LogP contribution in [0.2, 0.25) is 0 Å². The van der Waals surface area contributed by atoms with Crippen molar-refractivity contribution in [2.45, 2.75) is 26.3 Å². The predicted octanol–water partition coefficient (Wildman–Crippen LogP) is 2.99. The molecule has 0 saturated heterocycles. The van der Waals surface area contributed by atoms with Gasteiger partial charge in [-0.25, -0.2) is 4.98 Å². The zero-order chi connectivity index (χ0) is 11.5. The number of hydrogen-bond acceptors (Lipinski definition) is 3. The Labute approximate surface area is 99.4 Å². The van der Waals surface area contributed by atoms with E-state index in [4.69, 9.17) is 4.74 Å². The molecule has 1 heterocycles. The highest BCUT2D eigenvalue weighted by Crippen LogP contribution is 2.25. The first-order valence-corrected chi connectivity index (χ1v) is 5.64. The first kappa shape index (κ1) is 12.5. The first-order valence-electron chi connectivity index (χ1n) is 4.84. The summed E-state index contributed by atoms with van der Waals surface area (Å²) in [6.07, 6.45) is 1.80. The molecule has 0 saturated carbocycles. The average Bonchev–Trinajstić information content (AvgIpc) is 2.12. The van der Waals surface area contributed by atoms with Crippen LogP contribution in [0.5, 0.6) is 0 Å². The third-order valence-electron chi connectivity index (χ3n) is 2.04. The summed E-state index contributed by atoms with van der Waals surface area (Å²) in [5.74, 6) is 0.858. The fourth-order valence-corrected chi connectivity index (χ4v) is 1.68. The molecule has 1 aromatic heterocycles. The van der Waals surface area contributed by atoms with Crippen LogP contribution in [-0.4, -0.2) is 24.2 Å². The normalized spacial score (nSPS) is 11.5. The predicted molar refractivity (Wildman–Crippen MR) is 66.3 cm³/mol. The van der Waals surface area contributed by atoms with Gasteiger partial charge in [0.1, 0.15) is 5.82 Å².